The third kappa shape index (κ3) is 3.18. The van der Waals surface area contributed by atoms with Gasteiger partial charge in [0.25, 0.3) is 0 Å². The molecule has 26 heavy (non-hydrogen) atoms. The fourth-order valence-electron chi connectivity index (χ4n) is 2.52. The Balaban J connectivity index is 1.45. The first-order valence-corrected chi connectivity index (χ1v) is 7.86. The summed E-state index contributed by atoms with van der Waals surface area (Å²) in [5, 5.41) is 13.0. The zero-order valence-electron chi connectivity index (χ0n) is 13.5. The molecule has 0 saturated carbocycles. The van der Waals surface area contributed by atoms with Crippen LogP contribution in [0.15, 0.2) is 70.2 Å². The molecule has 7 nitrogen and oxygen atoms in total. The summed E-state index contributed by atoms with van der Waals surface area (Å²) in [6.07, 6.45) is 1.54. The van der Waals surface area contributed by atoms with Crippen LogP contribution in [0.2, 0.25) is 0 Å². The van der Waals surface area contributed by atoms with Gasteiger partial charge in [0.05, 0.1) is 22.8 Å². The van der Waals surface area contributed by atoms with E-state index in [0.717, 1.165) is 16.6 Å². The molecule has 2 aromatic heterocycles. The Morgan fingerprint density at radius 1 is 1.12 bits per heavy atom. The third-order valence-electron chi connectivity index (χ3n) is 3.79. The second-order valence-corrected chi connectivity index (χ2v) is 5.56. The zero-order valence-corrected chi connectivity index (χ0v) is 13.5. The monoisotopic (exact) mass is 346 g/mol. The number of para-hydroxylation sites is 2. The molecule has 2 aromatic carbocycles. The molecule has 0 unspecified atom stereocenters. The third-order valence-corrected chi connectivity index (χ3v) is 3.79. The maximum atomic E-state index is 10.9. The number of nitrogens with zero attached hydrogens (tertiary/aromatic N) is 2. The van der Waals surface area contributed by atoms with Crippen LogP contribution in [0.1, 0.15) is 16.1 Å². The summed E-state index contributed by atoms with van der Waals surface area (Å²) in [7, 11) is 0. The van der Waals surface area contributed by atoms with E-state index in [0.29, 0.717) is 17.5 Å². The molecule has 128 valence electrons. The second kappa shape index (κ2) is 6.56. The standard InChI is InChI=1S/C19H14N4O3/c24-18(25)13-7-5-12(6-8-13)17-10-9-14(26-17)11-20-23-19-21-15-3-1-2-4-16(15)22-19/h1-11H,(H,24,25)(H2,21,22,23). The average molecular weight is 346 g/mol. The summed E-state index contributed by atoms with van der Waals surface area (Å²) in [6, 6.07) is 17.8. The Kier molecular flexibility index (Phi) is 3.95. The van der Waals surface area contributed by atoms with Crippen LogP contribution in [-0.2, 0) is 0 Å². The molecular formula is C19H14N4O3. The van der Waals surface area contributed by atoms with Gasteiger partial charge in [-0.1, -0.05) is 24.3 Å². The lowest BCUT2D eigenvalue weighted by Gasteiger charge is -1.98. The molecule has 0 aliphatic carbocycles. The molecule has 2 heterocycles. The van der Waals surface area contributed by atoms with Crippen molar-refractivity contribution in [1.82, 2.24) is 9.97 Å². The largest absolute Gasteiger partial charge is 0.478 e. The van der Waals surface area contributed by atoms with Crippen LogP contribution < -0.4 is 5.43 Å². The number of carbonyl (C=O) groups is 1. The SMILES string of the molecule is O=C(O)c1ccc(-c2ccc(C=NNc3nc4ccccc4[nH]3)o2)cc1. The number of nitrogens with one attached hydrogen (secondary N) is 2. The van der Waals surface area contributed by atoms with E-state index in [-0.39, 0.29) is 5.56 Å². The maximum Gasteiger partial charge on any atom is 0.335 e. The number of carboxylic acids is 1. The van der Waals surface area contributed by atoms with Crippen LogP contribution in [0, 0.1) is 0 Å². The van der Waals surface area contributed by atoms with Crippen LogP contribution >= 0.6 is 0 Å². The van der Waals surface area contributed by atoms with Crippen molar-refractivity contribution in [3.8, 4) is 11.3 Å². The van der Waals surface area contributed by atoms with Crippen molar-refractivity contribution < 1.29 is 14.3 Å². The van der Waals surface area contributed by atoms with E-state index in [4.69, 9.17) is 9.52 Å². The molecule has 0 bridgehead atoms. The molecule has 0 fully saturated rings. The van der Waals surface area contributed by atoms with Crippen LogP contribution in [-0.4, -0.2) is 27.3 Å². The van der Waals surface area contributed by atoms with Crippen LogP contribution in [0.5, 0.6) is 0 Å². The molecular weight excluding hydrogens is 332 g/mol. The number of carboxylic acid groups (broad SMARTS) is 1. The fourth-order valence-corrected chi connectivity index (χ4v) is 2.52. The van der Waals surface area contributed by atoms with Crippen molar-refractivity contribution in [2.45, 2.75) is 0 Å². The number of fused-ring (bicyclic) bond motifs is 1. The number of hydrazone groups is 1. The molecule has 0 spiro atoms. The second-order valence-electron chi connectivity index (χ2n) is 5.56. The number of anilines is 1. The van der Waals surface area contributed by atoms with Crippen molar-refractivity contribution in [3.63, 3.8) is 0 Å². The molecule has 0 radical (unpaired) electrons. The Labute approximate surface area is 148 Å². The van der Waals surface area contributed by atoms with Gasteiger partial charge in [0.15, 0.2) is 0 Å². The first-order valence-electron chi connectivity index (χ1n) is 7.86. The smallest absolute Gasteiger partial charge is 0.335 e. The molecule has 0 atom stereocenters. The van der Waals surface area contributed by atoms with Crippen molar-refractivity contribution in [2.24, 2.45) is 5.10 Å². The molecule has 4 aromatic rings. The van der Waals surface area contributed by atoms with Gasteiger partial charge in [0, 0.05) is 5.56 Å². The first-order chi connectivity index (χ1) is 12.7. The van der Waals surface area contributed by atoms with Gasteiger partial charge in [0.2, 0.25) is 5.95 Å². The van der Waals surface area contributed by atoms with Gasteiger partial charge in [-0.3, -0.25) is 0 Å². The summed E-state index contributed by atoms with van der Waals surface area (Å²) in [6.45, 7) is 0. The maximum absolute atomic E-state index is 10.9. The number of imidazole rings is 1. The van der Waals surface area contributed by atoms with Gasteiger partial charge in [-0.15, -0.1) is 0 Å². The molecule has 3 N–H and O–H groups in total. The minimum atomic E-state index is -0.958. The van der Waals surface area contributed by atoms with Crippen molar-refractivity contribution in [3.05, 3.63) is 72.0 Å². The molecule has 0 aliphatic rings. The topological polar surface area (TPSA) is 104 Å². The van der Waals surface area contributed by atoms with Crippen molar-refractivity contribution in [2.75, 3.05) is 5.43 Å². The van der Waals surface area contributed by atoms with Crippen molar-refractivity contribution in [1.29, 1.82) is 0 Å². The van der Waals surface area contributed by atoms with Gasteiger partial charge in [-0.25, -0.2) is 15.2 Å². The minimum Gasteiger partial charge on any atom is -0.478 e. The Hall–Kier alpha value is -3.87. The summed E-state index contributed by atoms with van der Waals surface area (Å²) in [5.41, 5.74) is 5.64. The van der Waals surface area contributed by atoms with E-state index in [9.17, 15) is 4.79 Å². The molecule has 0 aliphatic heterocycles. The van der Waals surface area contributed by atoms with Crippen LogP contribution in [0.3, 0.4) is 0 Å². The molecule has 7 heteroatoms. The Morgan fingerprint density at radius 2 is 1.92 bits per heavy atom. The number of rotatable bonds is 5. The quantitative estimate of drug-likeness (QED) is 0.375. The number of hydrogen-bond donors (Lipinski definition) is 3. The lowest BCUT2D eigenvalue weighted by molar-refractivity contribution is 0.0697. The highest BCUT2D eigenvalue weighted by Gasteiger charge is 2.06. The number of aromatic nitrogens is 2. The fraction of sp³-hybridized carbons (Fsp3) is 0. The summed E-state index contributed by atoms with van der Waals surface area (Å²) >= 11 is 0. The van der Waals surface area contributed by atoms with Crippen LogP contribution in [0.4, 0.5) is 5.95 Å². The normalized spacial score (nSPS) is 11.2. The summed E-state index contributed by atoms with van der Waals surface area (Å²) in [4.78, 5) is 18.4. The van der Waals surface area contributed by atoms with Gasteiger partial charge in [0.1, 0.15) is 11.5 Å². The number of hydrogen-bond acceptors (Lipinski definition) is 5. The highest BCUT2D eigenvalue weighted by molar-refractivity contribution is 5.88. The summed E-state index contributed by atoms with van der Waals surface area (Å²) in [5.74, 6) is 0.775. The van der Waals surface area contributed by atoms with Gasteiger partial charge >= 0.3 is 5.97 Å². The first kappa shape index (κ1) is 15.6. The predicted molar refractivity (Wildman–Crippen MR) is 98.4 cm³/mol. The Bertz CT molecular complexity index is 1060. The number of benzene rings is 2. The Morgan fingerprint density at radius 3 is 2.69 bits per heavy atom. The van der Waals surface area contributed by atoms with Gasteiger partial charge in [-0.2, -0.15) is 5.10 Å². The van der Waals surface area contributed by atoms with Gasteiger partial charge in [-0.05, 0) is 36.4 Å². The highest BCUT2D eigenvalue weighted by atomic mass is 16.4. The molecule has 0 saturated heterocycles. The molecule has 4 rings (SSSR count). The number of aromatic amines is 1. The van der Waals surface area contributed by atoms with E-state index in [1.807, 2.05) is 24.3 Å². The van der Waals surface area contributed by atoms with E-state index in [1.54, 1.807) is 30.5 Å². The van der Waals surface area contributed by atoms with Gasteiger partial charge < -0.3 is 14.5 Å². The minimum absolute atomic E-state index is 0.233. The zero-order chi connectivity index (χ0) is 17.9. The number of H-pyrrole nitrogens is 1. The van der Waals surface area contributed by atoms with E-state index < -0.39 is 5.97 Å². The highest BCUT2D eigenvalue weighted by Crippen LogP contribution is 2.22. The molecule has 0 amide bonds. The lowest BCUT2D eigenvalue weighted by Crippen LogP contribution is -1.94. The lowest BCUT2D eigenvalue weighted by atomic mass is 10.1. The van der Waals surface area contributed by atoms with E-state index in [1.165, 1.54) is 12.1 Å². The van der Waals surface area contributed by atoms with E-state index in [2.05, 4.69) is 20.5 Å². The van der Waals surface area contributed by atoms with E-state index >= 15 is 0 Å². The summed E-state index contributed by atoms with van der Waals surface area (Å²) < 4.78 is 5.70. The number of furan rings is 1. The van der Waals surface area contributed by atoms with Crippen molar-refractivity contribution >= 4 is 29.2 Å². The predicted octanol–water partition coefficient (Wildman–Crippen LogP) is 3.97. The van der Waals surface area contributed by atoms with Crippen LogP contribution in [0.25, 0.3) is 22.4 Å². The average Bonchev–Trinajstić information content (AvgIpc) is 3.28. The number of aromatic carboxylic acids is 1.